The molecular weight excluding hydrogens is 206 g/mol. The predicted octanol–water partition coefficient (Wildman–Crippen LogP) is 3.41. The van der Waals surface area contributed by atoms with Gasteiger partial charge in [0.15, 0.2) is 0 Å². The van der Waals surface area contributed by atoms with E-state index >= 15 is 0 Å². The second-order valence-electron chi connectivity index (χ2n) is 4.58. The lowest BCUT2D eigenvalue weighted by atomic mass is 9.84. The van der Waals surface area contributed by atoms with E-state index in [1.807, 2.05) is 0 Å². The average molecular weight is 226 g/mol. The van der Waals surface area contributed by atoms with Crippen molar-refractivity contribution in [2.24, 2.45) is 0 Å². The number of rotatable bonds is 1. The zero-order valence-corrected chi connectivity index (χ0v) is 10.4. The van der Waals surface area contributed by atoms with Crippen molar-refractivity contribution in [1.82, 2.24) is 5.32 Å². The second kappa shape index (κ2) is 5.00. The number of aryl methyl sites for hydroxylation is 1. The molecule has 0 saturated carbocycles. The van der Waals surface area contributed by atoms with Crippen LogP contribution in [0.3, 0.4) is 0 Å². The van der Waals surface area contributed by atoms with Gasteiger partial charge in [-0.25, -0.2) is 0 Å². The Labute approximate surface area is 98.7 Å². The van der Waals surface area contributed by atoms with Crippen molar-refractivity contribution >= 4 is 12.4 Å². The molecule has 2 rings (SSSR count). The van der Waals surface area contributed by atoms with Crippen molar-refractivity contribution in [2.75, 3.05) is 6.54 Å². The number of nitrogens with one attached hydrogen (secondary N) is 1. The van der Waals surface area contributed by atoms with Crippen LogP contribution in [0.2, 0.25) is 0 Å². The first-order valence-electron chi connectivity index (χ1n) is 5.53. The smallest absolute Gasteiger partial charge is 0.0406 e. The lowest BCUT2D eigenvalue weighted by Gasteiger charge is -2.35. The van der Waals surface area contributed by atoms with Crippen LogP contribution in [0.4, 0.5) is 0 Å². The van der Waals surface area contributed by atoms with Crippen LogP contribution in [0.1, 0.15) is 37.3 Å². The van der Waals surface area contributed by atoms with E-state index in [4.69, 9.17) is 0 Å². The Morgan fingerprint density at radius 1 is 1.13 bits per heavy atom. The van der Waals surface area contributed by atoms with Crippen LogP contribution in [-0.2, 0) is 5.54 Å². The van der Waals surface area contributed by atoms with Gasteiger partial charge < -0.3 is 5.32 Å². The summed E-state index contributed by atoms with van der Waals surface area (Å²) in [6, 6.07) is 8.93. The zero-order chi connectivity index (χ0) is 10.0. The van der Waals surface area contributed by atoms with Gasteiger partial charge in [0, 0.05) is 5.54 Å². The fraction of sp³-hybridized carbons (Fsp3) is 0.538. The minimum absolute atomic E-state index is 0. The first kappa shape index (κ1) is 12.5. The summed E-state index contributed by atoms with van der Waals surface area (Å²) in [5.74, 6) is 0. The Kier molecular flexibility index (Phi) is 4.18. The molecule has 0 bridgehead atoms. The fourth-order valence-corrected chi connectivity index (χ4v) is 2.22. The maximum absolute atomic E-state index is 3.63. The molecule has 1 aliphatic rings. The Morgan fingerprint density at radius 2 is 1.80 bits per heavy atom. The summed E-state index contributed by atoms with van der Waals surface area (Å²) < 4.78 is 0. The van der Waals surface area contributed by atoms with Crippen LogP contribution in [-0.4, -0.2) is 6.54 Å². The predicted molar refractivity (Wildman–Crippen MR) is 67.6 cm³/mol. The molecule has 0 radical (unpaired) electrons. The standard InChI is InChI=1S/C13H19N.ClH/c1-11-5-7-12(8-6-11)13(2)9-3-4-10-14-13;/h5-8,14H,3-4,9-10H2,1-2H3;1H. The largest absolute Gasteiger partial charge is 0.308 e. The molecule has 1 saturated heterocycles. The highest BCUT2D eigenvalue weighted by Gasteiger charge is 2.27. The summed E-state index contributed by atoms with van der Waals surface area (Å²) in [6.45, 7) is 5.61. The van der Waals surface area contributed by atoms with Crippen LogP contribution in [0.15, 0.2) is 24.3 Å². The molecule has 2 heteroatoms. The third-order valence-electron chi connectivity index (χ3n) is 3.31. The lowest BCUT2D eigenvalue weighted by molar-refractivity contribution is 0.283. The molecule has 1 unspecified atom stereocenters. The number of halogens is 1. The molecule has 1 nitrogen and oxygen atoms in total. The maximum atomic E-state index is 3.63. The molecule has 1 fully saturated rings. The molecule has 0 amide bonds. The van der Waals surface area contributed by atoms with E-state index < -0.39 is 0 Å². The number of hydrogen-bond donors (Lipinski definition) is 1. The van der Waals surface area contributed by atoms with Gasteiger partial charge in [0.05, 0.1) is 0 Å². The third-order valence-corrected chi connectivity index (χ3v) is 3.31. The minimum Gasteiger partial charge on any atom is -0.308 e. The number of benzene rings is 1. The van der Waals surface area contributed by atoms with E-state index in [-0.39, 0.29) is 17.9 Å². The van der Waals surface area contributed by atoms with Gasteiger partial charge in [-0.05, 0) is 38.8 Å². The number of hydrogen-bond acceptors (Lipinski definition) is 1. The molecule has 1 aromatic rings. The van der Waals surface area contributed by atoms with Crippen LogP contribution in [0.5, 0.6) is 0 Å². The van der Waals surface area contributed by atoms with Gasteiger partial charge in [0.2, 0.25) is 0 Å². The van der Waals surface area contributed by atoms with Gasteiger partial charge in [0.1, 0.15) is 0 Å². The van der Waals surface area contributed by atoms with Crippen LogP contribution < -0.4 is 5.32 Å². The SMILES string of the molecule is Cc1ccc(C2(C)CCCCN2)cc1.Cl. The second-order valence-corrected chi connectivity index (χ2v) is 4.58. The third kappa shape index (κ3) is 2.73. The Hall–Kier alpha value is -0.530. The quantitative estimate of drug-likeness (QED) is 0.773. The Morgan fingerprint density at radius 3 is 2.33 bits per heavy atom. The van der Waals surface area contributed by atoms with Crippen LogP contribution >= 0.6 is 12.4 Å². The topological polar surface area (TPSA) is 12.0 Å². The van der Waals surface area contributed by atoms with E-state index in [0.717, 1.165) is 6.54 Å². The molecule has 1 atom stereocenters. The van der Waals surface area contributed by atoms with Gasteiger partial charge in [-0.1, -0.05) is 36.2 Å². The average Bonchev–Trinajstić information content (AvgIpc) is 2.19. The maximum Gasteiger partial charge on any atom is 0.0406 e. The van der Waals surface area contributed by atoms with Crippen molar-refractivity contribution < 1.29 is 0 Å². The van der Waals surface area contributed by atoms with Gasteiger partial charge in [-0.15, -0.1) is 12.4 Å². The highest BCUT2D eigenvalue weighted by Crippen LogP contribution is 2.29. The normalized spacial score (nSPS) is 25.7. The van der Waals surface area contributed by atoms with Crippen molar-refractivity contribution in [2.45, 2.75) is 38.6 Å². The summed E-state index contributed by atoms with van der Waals surface area (Å²) in [7, 11) is 0. The van der Waals surface area contributed by atoms with E-state index in [1.165, 1.54) is 30.4 Å². The van der Waals surface area contributed by atoms with E-state index in [2.05, 4.69) is 43.4 Å². The molecule has 1 aromatic carbocycles. The molecule has 1 N–H and O–H groups in total. The van der Waals surface area contributed by atoms with Crippen LogP contribution in [0, 0.1) is 6.92 Å². The van der Waals surface area contributed by atoms with E-state index in [9.17, 15) is 0 Å². The molecule has 1 aliphatic heterocycles. The Bertz CT molecular complexity index is 299. The Balaban J connectivity index is 0.00000112. The first-order chi connectivity index (χ1) is 6.71. The summed E-state index contributed by atoms with van der Waals surface area (Å²) in [4.78, 5) is 0. The van der Waals surface area contributed by atoms with Crippen molar-refractivity contribution in [3.05, 3.63) is 35.4 Å². The van der Waals surface area contributed by atoms with E-state index in [0.29, 0.717) is 0 Å². The van der Waals surface area contributed by atoms with Crippen molar-refractivity contribution in [1.29, 1.82) is 0 Å². The highest BCUT2D eigenvalue weighted by atomic mass is 35.5. The monoisotopic (exact) mass is 225 g/mol. The zero-order valence-electron chi connectivity index (χ0n) is 9.55. The van der Waals surface area contributed by atoms with Gasteiger partial charge in [-0.2, -0.15) is 0 Å². The molecule has 84 valence electrons. The number of piperidine rings is 1. The molecule has 0 aromatic heterocycles. The molecule has 1 heterocycles. The summed E-state index contributed by atoms with van der Waals surface area (Å²) in [5, 5.41) is 3.63. The first-order valence-corrected chi connectivity index (χ1v) is 5.53. The molecule has 0 spiro atoms. The van der Waals surface area contributed by atoms with Crippen LogP contribution in [0.25, 0.3) is 0 Å². The minimum atomic E-state index is 0. The summed E-state index contributed by atoms with van der Waals surface area (Å²) in [5.41, 5.74) is 2.99. The van der Waals surface area contributed by atoms with Gasteiger partial charge in [-0.3, -0.25) is 0 Å². The van der Waals surface area contributed by atoms with Crippen molar-refractivity contribution in [3.8, 4) is 0 Å². The fourth-order valence-electron chi connectivity index (χ4n) is 2.22. The summed E-state index contributed by atoms with van der Waals surface area (Å²) in [6.07, 6.45) is 3.93. The van der Waals surface area contributed by atoms with Gasteiger partial charge in [0.25, 0.3) is 0 Å². The lowest BCUT2D eigenvalue weighted by Crippen LogP contribution is -2.43. The molecule has 0 aliphatic carbocycles. The van der Waals surface area contributed by atoms with Gasteiger partial charge >= 0.3 is 0 Å². The van der Waals surface area contributed by atoms with E-state index in [1.54, 1.807) is 0 Å². The summed E-state index contributed by atoms with van der Waals surface area (Å²) >= 11 is 0. The molecule has 15 heavy (non-hydrogen) atoms. The highest BCUT2D eigenvalue weighted by molar-refractivity contribution is 5.85. The van der Waals surface area contributed by atoms with Crippen molar-refractivity contribution in [3.63, 3.8) is 0 Å². The molecular formula is C13H20ClN.